The van der Waals surface area contributed by atoms with E-state index in [2.05, 4.69) is 0 Å². The van der Waals surface area contributed by atoms with E-state index in [1.165, 1.54) is 0 Å². The van der Waals surface area contributed by atoms with E-state index in [9.17, 15) is 15.2 Å². The molecule has 0 spiro atoms. The van der Waals surface area contributed by atoms with Crippen molar-refractivity contribution < 1.29 is 10.0 Å². The molecule has 0 amide bonds. The Labute approximate surface area is 150 Å². The van der Waals surface area contributed by atoms with Crippen LogP contribution in [0.25, 0.3) is 21.5 Å². The number of hydrogen-bond donors (Lipinski definition) is 1. The first-order chi connectivity index (χ1) is 12.6. The van der Waals surface area contributed by atoms with Crippen LogP contribution >= 0.6 is 0 Å². The Morgan fingerprint density at radius 2 is 1.50 bits per heavy atom. The highest BCUT2D eigenvalue weighted by molar-refractivity contribution is 5.89. The van der Waals surface area contributed by atoms with Crippen molar-refractivity contribution in [3.63, 3.8) is 0 Å². The first kappa shape index (κ1) is 16.1. The lowest BCUT2D eigenvalue weighted by Gasteiger charge is -2.18. The zero-order valence-electron chi connectivity index (χ0n) is 14.0. The molecule has 0 saturated heterocycles. The highest BCUT2D eigenvalue weighted by Gasteiger charge is 2.25. The third-order valence-corrected chi connectivity index (χ3v) is 4.80. The Bertz CT molecular complexity index is 1120. The minimum absolute atomic E-state index is 0.0868. The highest BCUT2D eigenvalue weighted by Crippen LogP contribution is 2.38. The van der Waals surface area contributed by atoms with Gasteiger partial charge in [0.1, 0.15) is 5.75 Å². The van der Waals surface area contributed by atoms with Crippen LogP contribution in [0.1, 0.15) is 17.0 Å². The standard InChI is InChI=1S/C22H17NO3/c24-21-12-11-16-6-3-4-8-19(16)22(21)20(14-23(25)26)18-10-9-15-5-1-2-7-17(15)13-18/h1-13,20,24H,14H2/t20-/m0/s1. The summed E-state index contributed by atoms with van der Waals surface area (Å²) in [5.41, 5.74) is 1.43. The fourth-order valence-electron chi connectivity index (χ4n) is 3.59. The summed E-state index contributed by atoms with van der Waals surface area (Å²) in [6.07, 6.45) is 0. The second-order valence-electron chi connectivity index (χ2n) is 6.39. The van der Waals surface area contributed by atoms with Gasteiger partial charge < -0.3 is 5.11 Å². The molecule has 1 N–H and O–H groups in total. The molecule has 0 aliphatic rings. The average molecular weight is 343 g/mol. The van der Waals surface area contributed by atoms with Gasteiger partial charge in [-0.15, -0.1) is 0 Å². The molecule has 4 rings (SSSR count). The van der Waals surface area contributed by atoms with E-state index in [1.54, 1.807) is 6.07 Å². The van der Waals surface area contributed by atoms with Gasteiger partial charge in [0, 0.05) is 10.5 Å². The normalized spacial score (nSPS) is 12.3. The van der Waals surface area contributed by atoms with Crippen LogP contribution in [0, 0.1) is 10.1 Å². The van der Waals surface area contributed by atoms with Crippen LogP contribution in [0.5, 0.6) is 5.75 Å². The third-order valence-electron chi connectivity index (χ3n) is 4.80. The lowest BCUT2D eigenvalue weighted by atomic mass is 9.86. The van der Waals surface area contributed by atoms with E-state index < -0.39 is 5.92 Å². The topological polar surface area (TPSA) is 63.4 Å². The molecule has 0 aliphatic carbocycles. The van der Waals surface area contributed by atoms with Gasteiger partial charge in [0.05, 0.1) is 5.92 Å². The number of nitro groups is 1. The van der Waals surface area contributed by atoms with Crippen LogP contribution in [0.4, 0.5) is 0 Å². The van der Waals surface area contributed by atoms with E-state index in [0.29, 0.717) is 5.56 Å². The zero-order valence-corrected chi connectivity index (χ0v) is 14.0. The molecule has 0 bridgehead atoms. The van der Waals surface area contributed by atoms with Crippen LogP contribution < -0.4 is 0 Å². The smallest absolute Gasteiger partial charge is 0.214 e. The van der Waals surface area contributed by atoms with Crippen molar-refractivity contribution in [3.8, 4) is 5.75 Å². The van der Waals surface area contributed by atoms with Gasteiger partial charge in [-0.3, -0.25) is 10.1 Å². The molecule has 4 aromatic carbocycles. The summed E-state index contributed by atoms with van der Waals surface area (Å²) >= 11 is 0. The second-order valence-corrected chi connectivity index (χ2v) is 6.39. The molecule has 0 heterocycles. The van der Waals surface area contributed by atoms with Crippen molar-refractivity contribution >= 4 is 21.5 Å². The van der Waals surface area contributed by atoms with Crippen LogP contribution in [0.3, 0.4) is 0 Å². The predicted molar refractivity (Wildman–Crippen MR) is 103 cm³/mol. The predicted octanol–water partition coefficient (Wildman–Crippen LogP) is 5.11. The summed E-state index contributed by atoms with van der Waals surface area (Å²) in [6, 6.07) is 24.9. The number of benzene rings is 4. The number of rotatable bonds is 4. The summed E-state index contributed by atoms with van der Waals surface area (Å²) in [6.45, 7) is -0.278. The van der Waals surface area contributed by atoms with Crippen molar-refractivity contribution in [2.24, 2.45) is 0 Å². The zero-order chi connectivity index (χ0) is 18.1. The van der Waals surface area contributed by atoms with Gasteiger partial charge in [0.25, 0.3) is 0 Å². The molecular formula is C22H17NO3. The minimum Gasteiger partial charge on any atom is -0.508 e. The van der Waals surface area contributed by atoms with Gasteiger partial charge >= 0.3 is 0 Å². The first-order valence-corrected chi connectivity index (χ1v) is 8.44. The molecule has 4 aromatic rings. The summed E-state index contributed by atoms with van der Waals surface area (Å²) in [5, 5.41) is 25.8. The summed E-state index contributed by atoms with van der Waals surface area (Å²) in [5.74, 6) is -0.440. The van der Waals surface area contributed by atoms with E-state index in [0.717, 1.165) is 27.1 Å². The summed E-state index contributed by atoms with van der Waals surface area (Å²) in [4.78, 5) is 11.1. The maximum Gasteiger partial charge on any atom is 0.214 e. The number of aromatic hydroxyl groups is 1. The van der Waals surface area contributed by atoms with Gasteiger partial charge in [-0.2, -0.15) is 0 Å². The number of phenols is 1. The van der Waals surface area contributed by atoms with Crippen molar-refractivity contribution in [1.82, 2.24) is 0 Å². The molecule has 0 fully saturated rings. The quantitative estimate of drug-likeness (QED) is 0.414. The Morgan fingerprint density at radius 1 is 0.846 bits per heavy atom. The largest absolute Gasteiger partial charge is 0.508 e. The molecular weight excluding hydrogens is 326 g/mol. The van der Waals surface area contributed by atoms with E-state index in [-0.39, 0.29) is 17.2 Å². The maximum atomic E-state index is 11.4. The highest BCUT2D eigenvalue weighted by atomic mass is 16.6. The monoisotopic (exact) mass is 343 g/mol. The summed E-state index contributed by atoms with van der Waals surface area (Å²) in [7, 11) is 0. The Hall–Kier alpha value is -3.40. The maximum absolute atomic E-state index is 11.4. The van der Waals surface area contributed by atoms with E-state index in [4.69, 9.17) is 0 Å². The van der Waals surface area contributed by atoms with Crippen molar-refractivity contribution in [3.05, 3.63) is 100 Å². The molecule has 4 nitrogen and oxygen atoms in total. The number of nitrogens with zero attached hydrogens (tertiary/aromatic N) is 1. The molecule has 4 heteroatoms. The van der Waals surface area contributed by atoms with Gasteiger partial charge in [-0.05, 0) is 33.2 Å². The average Bonchev–Trinajstić information content (AvgIpc) is 2.66. The third kappa shape index (κ3) is 2.86. The van der Waals surface area contributed by atoms with Gasteiger partial charge in [0.15, 0.2) is 0 Å². The van der Waals surface area contributed by atoms with Gasteiger partial charge in [-0.25, -0.2) is 0 Å². The Morgan fingerprint density at radius 3 is 2.27 bits per heavy atom. The number of phenolic OH excluding ortho intramolecular Hbond substituents is 1. The minimum atomic E-state index is -0.527. The molecule has 0 aromatic heterocycles. The van der Waals surface area contributed by atoms with Crippen LogP contribution in [0.2, 0.25) is 0 Å². The SMILES string of the molecule is O=[N+]([O-])C[C@@H](c1ccc2ccccc2c1)c1c(O)ccc2ccccc12. The van der Waals surface area contributed by atoms with Crippen LogP contribution in [0.15, 0.2) is 78.9 Å². The Balaban J connectivity index is 1.95. The molecule has 26 heavy (non-hydrogen) atoms. The number of fused-ring (bicyclic) bond motifs is 2. The molecule has 128 valence electrons. The fourth-order valence-corrected chi connectivity index (χ4v) is 3.59. The van der Waals surface area contributed by atoms with Crippen LogP contribution in [-0.2, 0) is 0 Å². The van der Waals surface area contributed by atoms with Gasteiger partial charge in [0.2, 0.25) is 6.54 Å². The second kappa shape index (κ2) is 6.48. The molecule has 0 unspecified atom stereocenters. The lowest BCUT2D eigenvalue weighted by molar-refractivity contribution is -0.481. The lowest BCUT2D eigenvalue weighted by Crippen LogP contribution is -2.14. The van der Waals surface area contributed by atoms with Crippen molar-refractivity contribution in [2.45, 2.75) is 5.92 Å². The van der Waals surface area contributed by atoms with E-state index >= 15 is 0 Å². The Kier molecular flexibility index (Phi) is 4.01. The van der Waals surface area contributed by atoms with Crippen molar-refractivity contribution in [2.75, 3.05) is 6.54 Å². The summed E-state index contributed by atoms with van der Waals surface area (Å²) < 4.78 is 0. The fraction of sp³-hybridized carbons (Fsp3) is 0.0909. The van der Waals surface area contributed by atoms with Gasteiger partial charge in [-0.1, -0.05) is 72.8 Å². The molecule has 0 aliphatic heterocycles. The molecule has 0 saturated carbocycles. The van der Waals surface area contributed by atoms with E-state index in [1.807, 2.05) is 72.8 Å². The number of hydrogen-bond acceptors (Lipinski definition) is 3. The van der Waals surface area contributed by atoms with Crippen molar-refractivity contribution in [1.29, 1.82) is 0 Å². The van der Waals surface area contributed by atoms with Crippen LogP contribution in [-0.4, -0.2) is 16.6 Å². The molecule has 1 atom stereocenters. The first-order valence-electron chi connectivity index (χ1n) is 8.44. The molecule has 0 radical (unpaired) electrons.